The number of allylic oxidation sites excluding steroid dienone is 1. The predicted molar refractivity (Wildman–Crippen MR) is 74.1 cm³/mol. The first kappa shape index (κ1) is 16.8. The standard InChI is InChI=1S/C13H28O3Si/c1-5-9-10-11-12-13-17(14-6-2,15-7-3)16-8-4/h5H,1,6-13H2,2-4H3. The summed E-state index contributed by atoms with van der Waals surface area (Å²) in [4.78, 5) is 0. The van der Waals surface area contributed by atoms with Crippen LogP contribution in [-0.2, 0) is 13.3 Å². The van der Waals surface area contributed by atoms with Gasteiger partial charge in [-0.2, -0.15) is 0 Å². The van der Waals surface area contributed by atoms with Gasteiger partial charge in [-0.15, -0.1) is 6.58 Å². The SMILES string of the molecule is C=CCCCCC[Si](OCC)(OCC)OCC. The van der Waals surface area contributed by atoms with Gasteiger partial charge in [0.1, 0.15) is 0 Å². The number of hydrogen-bond acceptors (Lipinski definition) is 3. The third-order valence-corrected chi connectivity index (χ3v) is 5.64. The van der Waals surface area contributed by atoms with E-state index < -0.39 is 8.80 Å². The molecule has 102 valence electrons. The van der Waals surface area contributed by atoms with Crippen molar-refractivity contribution in [3.05, 3.63) is 12.7 Å². The molecule has 0 spiro atoms. The molecule has 3 nitrogen and oxygen atoms in total. The first-order valence-electron chi connectivity index (χ1n) is 6.77. The number of unbranched alkanes of at least 4 members (excludes halogenated alkanes) is 3. The van der Waals surface area contributed by atoms with Gasteiger partial charge in [-0.25, -0.2) is 0 Å². The molecule has 0 amide bonds. The molecule has 0 saturated carbocycles. The maximum Gasteiger partial charge on any atom is 0.500 e. The second kappa shape index (κ2) is 11.0. The zero-order valence-electron chi connectivity index (χ0n) is 11.7. The lowest BCUT2D eigenvalue weighted by Gasteiger charge is -2.28. The maximum atomic E-state index is 5.79. The molecule has 0 atom stereocenters. The maximum absolute atomic E-state index is 5.79. The van der Waals surface area contributed by atoms with E-state index in [1.807, 2.05) is 26.8 Å². The lowest BCUT2D eigenvalue weighted by molar-refractivity contribution is 0.0706. The molecular weight excluding hydrogens is 232 g/mol. The molecule has 0 bridgehead atoms. The fraction of sp³-hybridized carbons (Fsp3) is 0.846. The normalized spacial score (nSPS) is 11.7. The van der Waals surface area contributed by atoms with Crippen LogP contribution in [-0.4, -0.2) is 28.6 Å². The Bertz CT molecular complexity index is 168. The van der Waals surface area contributed by atoms with Gasteiger partial charge in [0.25, 0.3) is 0 Å². The molecule has 0 saturated heterocycles. The summed E-state index contributed by atoms with van der Waals surface area (Å²) in [5, 5.41) is 0. The third kappa shape index (κ3) is 7.71. The van der Waals surface area contributed by atoms with E-state index >= 15 is 0 Å². The lowest BCUT2D eigenvalue weighted by Crippen LogP contribution is -2.45. The highest BCUT2D eigenvalue weighted by molar-refractivity contribution is 6.60. The third-order valence-electron chi connectivity index (χ3n) is 2.48. The van der Waals surface area contributed by atoms with Crippen LogP contribution in [0, 0.1) is 0 Å². The summed E-state index contributed by atoms with van der Waals surface area (Å²) < 4.78 is 17.4. The molecule has 0 aromatic heterocycles. The van der Waals surface area contributed by atoms with Gasteiger partial charge >= 0.3 is 8.80 Å². The summed E-state index contributed by atoms with van der Waals surface area (Å²) in [5.74, 6) is 0. The molecule has 17 heavy (non-hydrogen) atoms. The molecule has 0 heterocycles. The van der Waals surface area contributed by atoms with Crippen molar-refractivity contribution in [3.8, 4) is 0 Å². The summed E-state index contributed by atoms with van der Waals surface area (Å²) in [7, 11) is -2.38. The highest BCUT2D eigenvalue weighted by atomic mass is 28.4. The molecule has 0 aromatic carbocycles. The van der Waals surface area contributed by atoms with Gasteiger partial charge in [0.15, 0.2) is 0 Å². The topological polar surface area (TPSA) is 27.7 Å². The van der Waals surface area contributed by atoms with Gasteiger partial charge < -0.3 is 13.3 Å². The van der Waals surface area contributed by atoms with Gasteiger partial charge in [0.05, 0.1) is 0 Å². The predicted octanol–water partition coefficient (Wildman–Crippen LogP) is 3.78. The highest BCUT2D eigenvalue weighted by Gasteiger charge is 2.39. The number of hydrogen-bond donors (Lipinski definition) is 0. The van der Waals surface area contributed by atoms with Crippen molar-refractivity contribution in [1.29, 1.82) is 0 Å². The minimum atomic E-state index is -2.38. The monoisotopic (exact) mass is 260 g/mol. The van der Waals surface area contributed by atoms with Crippen molar-refractivity contribution in [1.82, 2.24) is 0 Å². The molecule has 0 aliphatic carbocycles. The van der Waals surface area contributed by atoms with Crippen LogP contribution in [0.5, 0.6) is 0 Å². The summed E-state index contributed by atoms with van der Waals surface area (Å²) in [5.41, 5.74) is 0. The fourth-order valence-electron chi connectivity index (χ4n) is 1.81. The Labute approximate surface area is 108 Å². The van der Waals surface area contributed by atoms with E-state index in [1.165, 1.54) is 12.8 Å². The Hall–Kier alpha value is -0.163. The molecule has 0 N–H and O–H groups in total. The Morgan fingerprint density at radius 2 is 1.41 bits per heavy atom. The second-order valence-corrected chi connectivity index (χ2v) is 6.60. The molecule has 4 heteroatoms. The van der Waals surface area contributed by atoms with Crippen molar-refractivity contribution < 1.29 is 13.3 Å². The zero-order valence-corrected chi connectivity index (χ0v) is 12.7. The molecule has 0 aromatic rings. The van der Waals surface area contributed by atoms with Gasteiger partial charge in [0.2, 0.25) is 0 Å². The van der Waals surface area contributed by atoms with Crippen LogP contribution in [0.1, 0.15) is 46.5 Å². The summed E-state index contributed by atoms with van der Waals surface area (Å²) >= 11 is 0. The minimum Gasteiger partial charge on any atom is -0.374 e. The molecule has 0 fully saturated rings. The average Bonchev–Trinajstić information content (AvgIpc) is 2.30. The van der Waals surface area contributed by atoms with Crippen LogP contribution in [0.25, 0.3) is 0 Å². The van der Waals surface area contributed by atoms with E-state index in [9.17, 15) is 0 Å². The van der Waals surface area contributed by atoms with E-state index in [-0.39, 0.29) is 0 Å². The van der Waals surface area contributed by atoms with Crippen LogP contribution in [0.2, 0.25) is 6.04 Å². The largest absolute Gasteiger partial charge is 0.500 e. The van der Waals surface area contributed by atoms with Gasteiger partial charge in [-0.3, -0.25) is 0 Å². The summed E-state index contributed by atoms with van der Waals surface area (Å²) in [6.07, 6.45) is 6.55. The van der Waals surface area contributed by atoms with E-state index in [0.29, 0.717) is 19.8 Å². The molecule has 0 rings (SSSR count). The first-order valence-corrected chi connectivity index (χ1v) is 8.70. The average molecular weight is 260 g/mol. The second-order valence-electron chi connectivity index (χ2n) is 3.87. The van der Waals surface area contributed by atoms with Crippen molar-refractivity contribution in [3.63, 3.8) is 0 Å². The van der Waals surface area contributed by atoms with Crippen LogP contribution in [0.15, 0.2) is 12.7 Å². The Morgan fingerprint density at radius 3 is 1.82 bits per heavy atom. The molecule has 0 unspecified atom stereocenters. The van der Waals surface area contributed by atoms with Crippen LogP contribution < -0.4 is 0 Å². The molecule has 0 aliphatic heterocycles. The summed E-state index contributed by atoms with van der Waals surface area (Å²) in [6, 6.07) is 0.930. The zero-order chi connectivity index (χ0) is 13.0. The lowest BCUT2D eigenvalue weighted by atomic mass is 10.2. The van der Waals surface area contributed by atoms with Crippen molar-refractivity contribution in [2.24, 2.45) is 0 Å². The van der Waals surface area contributed by atoms with E-state index in [4.69, 9.17) is 13.3 Å². The van der Waals surface area contributed by atoms with Crippen molar-refractivity contribution >= 4 is 8.80 Å². The smallest absolute Gasteiger partial charge is 0.374 e. The Kier molecular flexibility index (Phi) is 10.9. The quantitative estimate of drug-likeness (QED) is 0.304. The van der Waals surface area contributed by atoms with E-state index in [0.717, 1.165) is 18.9 Å². The van der Waals surface area contributed by atoms with E-state index in [1.54, 1.807) is 0 Å². The summed E-state index contributed by atoms with van der Waals surface area (Å²) in [6.45, 7) is 11.7. The molecular formula is C13H28O3Si. The molecule has 0 radical (unpaired) electrons. The molecule has 0 aliphatic rings. The first-order chi connectivity index (χ1) is 8.24. The Morgan fingerprint density at radius 1 is 0.882 bits per heavy atom. The van der Waals surface area contributed by atoms with Crippen LogP contribution >= 0.6 is 0 Å². The fourth-order valence-corrected chi connectivity index (χ4v) is 4.49. The van der Waals surface area contributed by atoms with Gasteiger partial charge in [-0.05, 0) is 40.0 Å². The van der Waals surface area contributed by atoms with Gasteiger partial charge in [-0.1, -0.05) is 12.5 Å². The minimum absolute atomic E-state index is 0.666. The Balaban J connectivity index is 4.08. The number of rotatable bonds is 12. The highest BCUT2D eigenvalue weighted by Crippen LogP contribution is 2.20. The van der Waals surface area contributed by atoms with Crippen LogP contribution in [0.4, 0.5) is 0 Å². The van der Waals surface area contributed by atoms with Crippen molar-refractivity contribution in [2.75, 3.05) is 19.8 Å². The van der Waals surface area contributed by atoms with E-state index in [2.05, 4.69) is 6.58 Å². The van der Waals surface area contributed by atoms with Gasteiger partial charge in [0, 0.05) is 25.9 Å². The van der Waals surface area contributed by atoms with Crippen molar-refractivity contribution in [2.45, 2.75) is 52.5 Å². The van der Waals surface area contributed by atoms with Crippen LogP contribution in [0.3, 0.4) is 0 Å².